The number of aryl methyl sites for hydroxylation is 1. The maximum atomic E-state index is 12.9. The van der Waals surface area contributed by atoms with E-state index < -0.39 is 75.8 Å². The number of carboxylic acids is 1. The Bertz CT molecular complexity index is 1530. The quantitative estimate of drug-likeness (QED) is 0.0470. The Labute approximate surface area is 315 Å². The van der Waals surface area contributed by atoms with Gasteiger partial charge in [-0.1, -0.05) is 19.4 Å². The van der Waals surface area contributed by atoms with Crippen molar-refractivity contribution >= 4 is 39.7 Å². The zero-order chi connectivity index (χ0) is 40.6. The second-order valence-corrected chi connectivity index (χ2v) is 16.0. The summed E-state index contributed by atoms with van der Waals surface area (Å²) in [6.07, 6.45) is -5.15. The van der Waals surface area contributed by atoms with Crippen LogP contribution in [0.3, 0.4) is 0 Å². The summed E-state index contributed by atoms with van der Waals surface area (Å²) in [6, 6.07) is 4.62. The predicted molar refractivity (Wildman–Crippen MR) is 193 cm³/mol. The van der Waals surface area contributed by atoms with Crippen molar-refractivity contribution < 1.29 is 71.6 Å². The third-order valence-corrected chi connectivity index (χ3v) is 9.40. The Kier molecular flexibility index (Phi) is 18.9. The van der Waals surface area contributed by atoms with Crippen molar-refractivity contribution in [1.82, 2.24) is 10.6 Å². The topological polar surface area (TPSA) is 272 Å². The Morgan fingerprint density at radius 2 is 1.56 bits per heavy atom. The number of esters is 1. The molecular weight excluding hydrogens is 732 g/mol. The molecule has 2 rings (SSSR count). The van der Waals surface area contributed by atoms with Crippen LogP contribution in [0.15, 0.2) is 18.2 Å². The van der Waals surface area contributed by atoms with Crippen LogP contribution < -0.4 is 15.4 Å². The molecule has 1 heterocycles. The minimum Gasteiger partial charge on any atom is -0.479 e. The SMILES string of the molecule is CCCC(=O)NCCCCCC(=O)C[C@@H](CS(=O)(=O)O)C(=O)NCCCCc1cc(O[C@@H]2O[C@H](C(=O)O)[C@@H](O)[C@H](O)[C@H]2O)ccc1COC(=O)C(C)(C)C. The van der Waals surface area contributed by atoms with Crippen LogP contribution in [0, 0.1) is 11.3 Å². The number of carbonyl (C=O) groups excluding carboxylic acids is 4. The van der Waals surface area contributed by atoms with Gasteiger partial charge in [0.2, 0.25) is 18.1 Å². The summed E-state index contributed by atoms with van der Waals surface area (Å²) in [5, 5.41) is 45.3. The van der Waals surface area contributed by atoms with Gasteiger partial charge >= 0.3 is 11.9 Å². The van der Waals surface area contributed by atoms with Crippen LogP contribution in [0.4, 0.5) is 0 Å². The molecule has 0 spiro atoms. The number of aliphatic hydroxyl groups is 3. The molecule has 17 nitrogen and oxygen atoms in total. The van der Waals surface area contributed by atoms with Crippen molar-refractivity contribution in [2.75, 3.05) is 18.8 Å². The summed E-state index contributed by atoms with van der Waals surface area (Å²) in [7, 11) is -4.57. The average Bonchev–Trinajstić information content (AvgIpc) is 3.07. The van der Waals surface area contributed by atoms with Gasteiger partial charge < -0.3 is 45.3 Å². The molecule has 1 aliphatic heterocycles. The van der Waals surface area contributed by atoms with Crippen LogP contribution in [0.1, 0.15) is 96.6 Å². The summed E-state index contributed by atoms with van der Waals surface area (Å²) in [6.45, 7) is 7.48. The molecule has 0 aliphatic carbocycles. The molecule has 1 saturated heterocycles. The number of rotatable bonds is 23. The fourth-order valence-electron chi connectivity index (χ4n) is 5.51. The van der Waals surface area contributed by atoms with E-state index in [-0.39, 0.29) is 43.4 Å². The highest BCUT2D eigenvalue weighted by Crippen LogP contribution is 2.28. The van der Waals surface area contributed by atoms with Crippen LogP contribution in [-0.2, 0) is 56.6 Å². The van der Waals surface area contributed by atoms with Crippen molar-refractivity contribution in [2.24, 2.45) is 11.3 Å². The van der Waals surface area contributed by atoms with Gasteiger partial charge in [-0.2, -0.15) is 8.42 Å². The van der Waals surface area contributed by atoms with Crippen molar-refractivity contribution in [2.45, 2.75) is 129 Å². The molecule has 0 saturated carbocycles. The van der Waals surface area contributed by atoms with E-state index in [0.29, 0.717) is 62.6 Å². The molecule has 1 aliphatic rings. The monoisotopic (exact) mass is 788 g/mol. The molecule has 54 heavy (non-hydrogen) atoms. The van der Waals surface area contributed by atoms with E-state index in [4.69, 9.17) is 14.2 Å². The Hall–Kier alpha value is -3.68. The zero-order valence-electron chi connectivity index (χ0n) is 31.3. The molecule has 1 aromatic carbocycles. The third kappa shape index (κ3) is 16.4. The van der Waals surface area contributed by atoms with Crippen LogP contribution in [-0.4, -0.2) is 112 Å². The van der Waals surface area contributed by atoms with E-state index in [0.717, 1.165) is 6.42 Å². The van der Waals surface area contributed by atoms with Gasteiger partial charge in [-0.15, -0.1) is 0 Å². The summed E-state index contributed by atoms with van der Waals surface area (Å²) in [5.74, 6) is -5.19. The summed E-state index contributed by atoms with van der Waals surface area (Å²) in [4.78, 5) is 61.0. The fourth-order valence-corrected chi connectivity index (χ4v) is 6.29. The number of carboxylic acid groups (broad SMARTS) is 1. The largest absolute Gasteiger partial charge is 0.479 e. The average molecular weight is 789 g/mol. The summed E-state index contributed by atoms with van der Waals surface area (Å²) in [5.41, 5.74) is 0.452. The van der Waals surface area contributed by atoms with Gasteiger partial charge in [-0.3, -0.25) is 23.7 Å². The first-order chi connectivity index (χ1) is 25.2. The Morgan fingerprint density at radius 3 is 2.19 bits per heavy atom. The summed E-state index contributed by atoms with van der Waals surface area (Å²) >= 11 is 0. The number of nitrogens with one attached hydrogen (secondary N) is 2. The molecular formula is C36H56N2O15S. The molecule has 1 aromatic rings. The third-order valence-electron chi connectivity index (χ3n) is 8.57. The van der Waals surface area contributed by atoms with E-state index in [1.165, 1.54) is 6.07 Å². The van der Waals surface area contributed by atoms with Gasteiger partial charge in [-0.05, 0) is 82.6 Å². The van der Waals surface area contributed by atoms with Gasteiger partial charge in [0.15, 0.2) is 6.10 Å². The number of benzene rings is 1. The first-order valence-corrected chi connectivity index (χ1v) is 19.7. The lowest BCUT2D eigenvalue weighted by Gasteiger charge is -2.38. The first kappa shape index (κ1) is 46.5. The molecule has 6 atom stereocenters. The molecule has 0 aromatic heterocycles. The van der Waals surface area contributed by atoms with Gasteiger partial charge in [0.1, 0.15) is 36.5 Å². The molecule has 7 N–H and O–H groups in total. The molecule has 0 bridgehead atoms. The van der Waals surface area contributed by atoms with Crippen molar-refractivity contribution in [1.29, 1.82) is 0 Å². The molecule has 0 radical (unpaired) electrons. The normalized spacial score (nSPS) is 20.8. The number of hydrogen-bond donors (Lipinski definition) is 7. The minimum absolute atomic E-state index is 0.0364. The maximum absolute atomic E-state index is 12.9. The number of aliphatic hydroxyl groups excluding tert-OH is 3. The molecule has 1 fully saturated rings. The summed E-state index contributed by atoms with van der Waals surface area (Å²) < 4.78 is 49.1. The highest BCUT2D eigenvalue weighted by Gasteiger charge is 2.48. The molecule has 18 heteroatoms. The van der Waals surface area contributed by atoms with E-state index >= 15 is 0 Å². The highest BCUT2D eigenvalue weighted by atomic mass is 32.2. The number of unbranched alkanes of at least 4 members (excludes halogenated alkanes) is 3. The lowest BCUT2D eigenvalue weighted by Crippen LogP contribution is -2.61. The zero-order valence-corrected chi connectivity index (χ0v) is 32.1. The second kappa shape index (κ2) is 22.0. The number of hydrogen-bond acceptors (Lipinski definition) is 13. The van der Waals surface area contributed by atoms with Crippen LogP contribution in [0.5, 0.6) is 5.75 Å². The lowest BCUT2D eigenvalue weighted by atomic mass is 9.97. The van der Waals surface area contributed by atoms with Crippen molar-refractivity contribution in [3.8, 4) is 5.75 Å². The van der Waals surface area contributed by atoms with Crippen LogP contribution >= 0.6 is 0 Å². The van der Waals surface area contributed by atoms with E-state index in [2.05, 4.69) is 10.6 Å². The Balaban J connectivity index is 2.02. The van der Waals surface area contributed by atoms with Gasteiger partial charge in [0.25, 0.3) is 10.1 Å². The van der Waals surface area contributed by atoms with E-state index in [1.54, 1.807) is 32.9 Å². The number of carbonyl (C=O) groups is 5. The molecule has 306 valence electrons. The van der Waals surface area contributed by atoms with Crippen LogP contribution in [0.2, 0.25) is 0 Å². The smallest absolute Gasteiger partial charge is 0.335 e. The van der Waals surface area contributed by atoms with E-state index in [9.17, 15) is 57.4 Å². The van der Waals surface area contributed by atoms with Crippen LogP contribution in [0.25, 0.3) is 0 Å². The van der Waals surface area contributed by atoms with Gasteiger partial charge in [0, 0.05) is 32.4 Å². The number of ether oxygens (including phenoxy) is 3. The Morgan fingerprint density at radius 1 is 0.889 bits per heavy atom. The molecule has 0 unspecified atom stereocenters. The van der Waals surface area contributed by atoms with Crippen molar-refractivity contribution in [3.05, 3.63) is 29.3 Å². The minimum atomic E-state index is -4.57. The predicted octanol–water partition coefficient (Wildman–Crippen LogP) is 1.43. The van der Waals surface area contributed by atoms with Gasteiger partial charge in [0.05, 0.1) is 17.1 Å². The second-order valence-electron chi connectivity index (χ2n) is 14.5. The number of Topliss-reactive ketones (excluding diaryl/α,β-unsaturated/α-hetero) is 1. The van der Waals surface area contributed by atoms with E-state index in [1.807, 2.05) is 6.92 Å². The number of amides is 2. The maximum Gasteiger partial charge on any atom is 0.335 e. The van der Waals surface area contributed by atoms with Crippen molar-refractivity contribution in [3.63, 3.8) is 0 Å². The number of ketones is 1. The lowest BCUT2D eigenvalue weighted by molar-refractivity contribution is -0.271. The fraction of sp³-hybridized carbons (Fsp3) is 0.694. The standard InChI is InChI=1S/C36H56N2O15S/c1-5-11-27(40)37-16-9-6-7-13-25(39)18-24(21-54(48,49)50)32(44)38-17-10-8-12-22-19-26(15-14-23(22)20-51-35(47)36(2,3)4)52-34-30(43)28(41)29(42)31(53-34)33(45)46/h14-15,19,24,28-31,34,41-43H,5-13,16-18,20-21H2,1-4H3,(H,37,40)(H,38,44)(H,45,46)(H,48,49,50)/t24-,28-,29-,30+,31-,34+/m0/s1. The molecule has 2 amide bonds. The van der Waals surface area contributed by atoms with Gasteiger partial charge in [-0.25, -0.2) is 4.79 Å². The highest BCUT2D eigenvalue weighted by molar-refractivity contribution is 7.85. The first-order valence-electron chi connectivity index (χ1n) is 18.1. The number of aliphatic carboxylic acids is 1.